The van der Waals surface area contributed by atoms with Crippen LogP contribution in [0.15, 0.2) is 18.2 Å². The van der Waals surface area contributed by atoms with Gasteiger partial charge in [0.15, 0.2) is 5.78 Å². The van der Waals surface area contributed by atoms with Crippen LogP contribution in [0.2, 0.25) is 0 Å². The topological polar surface area (TPSA) is 55.8 Å². The number of rotatable bonds is 3. The molecule has 132 valence electrons. The molecule has 1 aromatic carbocycles. The lowest BCUT2D eigenvalue weighted by Crippen LogP contribution is -2.37. The van der Waals surface area contributed by atoms with E-state index in [2.05, 4.69) is 0 Å². The zero-order chi connectivity index (χ0) is 17.9. The first-order valence-corrected chi connectivity index (χ1v) is 8.37. The number of carbonyl (C=O) groups is 2. The van der Waals surface area contributed by atoms with Crippen molar-refractivity contribution in [2.45, 2.75) is 52.2 Å². The standard InChI is InChI=1S/C19H27NO4/c1-13(21)14-8-6-9-16-15(14)10-7-11-23-17(16)12-20(5)18(22)24-19(2,3)4/h6,8-9,17H,7,10-12H2,1-5H3. The van der Waals surface area contributed by atoms with Gasteiger partial charge in [-0.15, -0.1) is 0 Å². The minimum Gasteiger partial charge on any atom is -0.444 e. The molecule has 0 saturated carbocycles. The second kappa shape index (κ2) is 7.34. The minimum atomic E-state index is -0.532. The molecular weight excluding hydrogens is 306 g/mol. The number of Topliss-reactive ketones (excluding diaryl/α,β-unsaturated/α-hetero) is 1. The van der Waals surface area contributed by atoms with Gasteiger partial charge in [0.25, 0.3) is 0 Å². The maximum Gasteiger partial charge on any atom is 0.410 e. The average Bonchev–Trinajstić information content (AvgIpc) is 2.67. The molecule has 0 saturated heterocycles. The molecule has 0 aliphatic carbocycles. The molecule has 0 N–H and O–H groups in total. The summed E-state index contributed by atoms with van der Waals surface area (Å²) in [6, 6.07) is 5.73. The highest BCUT2D eigenvalue weighted by Crippen LogP contribution is 2.30. The summed E-state index contributed by atoms with van der Waals surface area (Å²) < 4.78 is 11.4. The van der Waals surface area contributed by atoms with Gasteiger partial charge < -0.3 is 14.4 Å². The van der Waals surface area contributed by atoms with Crippen LogP contribution in [0, 0.1) is 0 Å². The number of likely N-dealkylation sites (N-methyl/N-ethyl adjacent to an activating group) is 1. The van der Waals surface area contributed by atoms with Crippen molar-refractivity contribution < 1.29 is 19.1 Å². The van der Waals surface area contributed by atoms with Gasteiger partial charge in [0.05, 0.1) is 6.54 Å². The lowest BCUT2D eigenvalue weighted by molar-refractivity contribution is 0.00408. The largest absolute Gasteiger partial charge is 0.444 e. The van der Waals surface area contributed by atoms with Crippen molar-refractivity contribution in [3.05, 3.63) is 34.9 Å². The molecule has 1 amide bonds. The SMILES string of the molecule is CC(=O)c1cccc2c1CCCOC2CN(C)C(=O)OC(C)(C)C. The van der Waals surface area contributed by atoms with Crippen molar-refractivity contribution >= 4 is 11.9 Å². The summed E-state index contributed by atoms with van der Waals surface area (Å²) in [6.45, 7) is 8.12. The number of fused-ring (bicyclic) bond motifs is 1. The molecule has 1 unspecified atom stereocenters. The van der Waals surface area contributed by atoms with Crippen LogP contribution >= 0.6 is 0 Å². The Balaban J connectivity index is 2.22. The molecule has 1 aliphatic heterocycles. The predicted octanol–water partition coefficient (Wildman–Crippen LogP) is 3.76. The minimum absolute atomic E-state index is 0.0630. The molecule has 0 bridgehead atoms. The van der Waals surface area contributed by atoms with E-state index in [0.29, 0.717) is 13.2 Å². The summed E-state index contributed by atoms with van der Waals surface area (Å²) in [7, 11) is 1.71. The Hall–Kier alpha value is -1.88. The number of hydrogen-bond donors (Lipinski definition) is 0. The van der Waals surface area contributed by atoms with Crippen LogP contribution in [0.4, 0.5) is 4.79 Å². The fraction of sp³-hybridized carbons (Fsp3) is 0.579. The molecule has 0 spiro atoms. The third-order valence-corrected chi connectivity index (χ3v) is 3.97. The second-order valence-corrected chi connectivity index (χ2v) is 7.25. The van der Waals surface area contributed by atoms with Crippen LogP contribution < -0.4 is 0 Å². The average molecular weight is 333 g/mol. The quantitative estimate of drug-likeness (QED) is 0.790. The molecule has 1 aliphatic rings. The zero-order valence-electron chi connectivity index (χ0n) is 15.2. The van der Waals surface area contributed by atoms with E-state index in [1.54, 1.807) is 14.0 Å². The monoisotopic (exact) mass is 333 g/mol. The van der Waals surface area contributed by atoms with Crippen LogP contribution in [0.5, 0.6) is 0 Å². The Bertz CT molecular complexity index is 618. The van der Waals surface area contributed by atoms with E-state index in [1.165, 1.54) is 4.90 Å². The number of benzene rings is 1. The summed E-state index contributed by atoms with van der Waals surface area (Å²) in [6.07, 6.45) is 1.06. The lowest BCUT2D eigenvalue weighted by atomic mass is 9.93. The van der Waals surface area contributed by atoms with Gasteiger partial charge >= 0.3 is 6.09 Å². The van der Waals surface area contributed by atoms with Crippen molar-refractivity contribution in [2.75, 3.05) is 20.2 Å². The number of ether oxygens (including phenoxy) is 2. The van der Waals surface area contributed by atoms with Gasteiger partial charge in [-0.05, 0) is 51.7 Å². The summed E-state index contributed by atoms with van der Waals surface area (Å²) in [5, 5.41) is 0. The highest BCUT2D eigenvalue weighted by atomic mass is 16.6. The van der Waals surface area contributed by atoms with Gasteiger partial charge in [-0.25, -0.2) is 4.79 Å². The first-order chi connectivity index (χ1) is 11.2. The van der Waals surface area contributed by atoms with E-state index in [-0.39, 0.29) is 18.0 Å². The third kappa shape index (κ3) is 4.57. The van der Waals surface area contributed by atoms with Crippen molar-refractivity contribution in [1.82, 2.24) is 4.90 Å². The summed E-state index contributed by atoms with van der Waals surface area (Å²) in [4.78, 5) is 25.6. The zero-order valence-corrected chi connectivity index (χ0v) is 15.2. The van der Waals surface area contributed by atoms with E-state index in [1.807, 2.05) is 39.0 Å². The number of carbonyl (C=O) groups excluding carboxylic acids is 2. The van der Waals surface area contributed by atoms with E-state index >= 15 is 0 Å². The van der Waals surface area contributed by atoms with Crippen LogP contribution in [0.25, 0.3) is 0 Å². The highest BCUT2D eigenvalue weighted by Gasteiger charge is 2.27. The molecule has 24 heavy (non-hydrogen) atoms. The van der Waals surface area contributed by atoms with E-state index < -0.39 is 5.60 Å². The van der Waals surface area contributed by atoms with E-state index in [4.69, 9.17) is 9.47 Å². The highest BCUT2D eigenvalue weighted by molar-refractivity contribution is 5.96. The van der Waals surface area contributed by atoms with Crippen molar-refractivity contribution in [3.8, 4) is 0 Å². The first kappa shape index (κ1) is 18.5. The molecule has 0 aromatic heterocycles. The Morgan fingerprint density at radius 2 is 2.04 bits per heavy atom. The fourth-order valence-electron chi connectivity index (χ4n) is 2.89. The van der Waals surface area contributed by atoms with Gasteiger partial charge in [0.1, 0.15) is 11.7 Å². The number of ketones is 1. The normalized spacial score (nSPS) is 17.6. The molecular formula is C19H27NO4. The molecule has 2 rings (SSSR count). The smallest absolute Gasteiger partial charge is 0.410 e. The molecule has 0 radical (unpaired) electrons. The molecule has 5 nitrogen and oxygen atoms in total. The molecule has 0 fully saturated rings. The summed E-state index contributed by atoms with van der Waals surface area (Å²) >= 11 is 0. The van der Waals surface area contributed by atoms with Crippen LogP contribution in [-0.2, 0) is 15.9 Å². The molecule has 1 aromatic rings. The van der Waals surface area contributed by atoms with Crippen molar-refractivity contribution in [3.63, 3.8) is 0 Å². The summed E-state index contributed by atoms with van der Waals surface area (Å²) in [5.41, 5.74) is 2.26. The van der Waals surface area contributed by atoms with E-state index in [0.717, 1.165) is 29.5 Å². The van der Waals surface area contributed by atoms with Gasteiger partial charge in [-0.2, -0.15) is 0 Å². The van der Waals surface area contributed by atoms with Gasteiger partial charge in [-0.3, -0.25) is 4.79 Å². The molecule has 1 heterocycles. The number of hydrogen-bond acceptors (Lipinski definition) is 4. The van der Waals surface area contributed by atoms with E-state index in [9.17, 15) is 9.59 Å². The van der Waals surface area contributed by atoms with Crippen molar-refractivity contribution in [2.24, 2.45) is 0 Å². The number of nitrogens with zero attached hydrogens (tertiary/aromatic N) is 1. The molecule has 5 heteroatoms. The van der Waals surface area contributed by atoms with Crippen LogP contribution in [0.1, 0.15) is 61.7 Å². The Labute approximate surface area is 143 Å². The second-order valence-electron chi connectivity index (χ2n) is 7.25. The number of amides is 1. The van der Waals surface area contributed by atoms with Crippen LogP contribution in [0.3, 0.4) is 0 Å². The van der Waals surface area contributed by atoms with Crippen LogP contribution in [-0.4, -0.2) is 42.6 Å². The Morgan fingerprint density at radius 1 is 1.33 bits per heavy atom. The van der Waals surface area contributed by atoms with Gasteiger partial charge in [0.2, 0.25) is 0 Å². The van der Waals surface area contributed by atoms with Gasteiger partial charge in [0, 0.05) is 19.2 Å². The van der Waals surface area contributed by atoms with Crippen molar-refractivity contribution in [1.29, 1.82) is 0 Å². The maximum absolute atomic E-state index is 12.2. The maximum atomic E-state index is 12.2. The summed E-state index contributed by atoms with van der Waals surface area (Å²) in [5.74, 6) is 0.0630. The lowest BCUT2D eigenvalue weighted by Gasteiger charge is -2.28. The Morgan fingerprint density at radius 3 is 2.67 bits per heavy atom. The fourth-order valence-corrected chi connectivity index (χ4v) is 2.89. The first-order valence-electron chi connectivity index (χ1n) is 8.37. The Kier molecular flexibility index (Phi) is 5.65. The van der Waals surface area contributed by atoms with Gasteiger partial charge in [-0.1, -0.05) is 18.2 Å². The third-order valence-electron chi connectivity index (χ3n) is 3.97. The molecule has 1 atom stereocenters. The predicted molar refractivity (Wildman–Crippen MR) is 92.3 cm³/mol.